The fraction of sp³-hybridized carbons (Fsp3) is 0.176. The van der Waals surface area contributed by atoms with Gasteiger partial charge in [0.15, 0.2) is 11.5 Å². The van der Waals surface area contributed by atoms with Gasteiger partial charge in [-0.1, -0.05) is 18.2 Å². The quantitative estimate of drug-likeness (QED) is 0.784. The highest BCUT2D eigenvalue weighted by Crippen LogP contribution is 2.33. The number of anilines is 2. The predicted molar refractivity (Wildman–Crippen MR) is 85.0 cm³/mol. The number of hydrogen-bond donors (Lipinski definition) is 1. The van der Waals surface area contributed by atoms with Crippen molar-refractivity contribution >= 4 is 22.5 Å². The van der Waals surface area contributed by atoms with Gasteiger partial charge in [-0.3, -0.25) is 0 Å². The molecular weight excluding hydrogens is 278 g/mol. The average Bonchev–Trinajstić information content (AvgIpc) is 2.56. The molecule has 0 spiro atoms. The first-order valence-corrected chi connectivity index (χ1v) is 7.19. The number of aromatic nitrogens is 2. The number of nitrogens with one attached hydrogen (secondary N) is 1. The average molecular weight is 293 g/mol. The molecule has 1 aliphatic heterocycles. The van der Waals surface area contributed by atoms with Crippen molar-refractivity contribution in [3.63, 3.8) is 0 Å². The van der Waals surface area contributed by atoms with Crippen molar-refractivity contribution in [2.24, 2.45) is 0 Å². The monoisotopic (exact) mass is 293 g/mol. The zero-order chi connectivity index (χ0) is 14.9. The summed E-state index contributed by atoms with van der Waals surface area (Å²) in [7, 11) is 0. The van der Waals surface area contributed by atoms with Crippen LogP contribution in [-0.2, 0) is 0 Å². The molecule has 0 fully saturated rings. The van der Waals surface area contributed by atoms with Crippen LogP contribution < -0.4 is 14.8 Å². The fourth-order valence-electron chi connectivity index (χ4n) is 2.51. The second-order valence-electron chi connectivity index (χ2n) is 5.19. The number of para-hydroxylation sites is 1. The SMILES string of the molecule is Cc1cccc2cnc(Nc3ccc4c(c3)OCCO4)nc12. The molecule has 0 unspecified atom stereocenters. The summed E-state index contributed by atoms with van der Waals surface area (Å²) in [5, 5.41) is 4.25. The van der Waals surface area contributed by atoms with Gasteiger partial charge >= 0.3 is 0 Å². The zero-order valence-corrected chi connectivity index (χ0v) is 12.2. The molecule has 3 aromatic rings. The van der Waals surface area contributed by atoms with Crippen LogP contribution in [-0.4, -0.2) is 23.2 Å². The Labute approximate surface area is 127 Å². The van der Waals surface area contributed by atoms with Crippen LogP contribution in [0.3, 0.4) is 0 Å². The maximum Gasteiger partial charge on any atom is 0.227 e. The van der Waals surface area contributed by atoms with Gasteiger partial charge in [-0.25, -0.2) is 9.97 Å². The molecule has 2 heterocycles. The lowest BCUT2D eigenvalue weighted by molar-refractivity contribution is 0.171. The largest absolute Gasteiger partial charge is 0.486 e. The maximum absolute atomic E-state index is 5.59. The molecule has 0 radical (unpaired) electrons. The van der Waals surface area contributed by atoms with E-state index in [9.17, 15) is 0 Å². The highest BCUT2D eigenvalue weighted by atomic mass is 16.6. The summed E-state index contributed by atoms with van der Waals surface area (Å²) >= 11 is 0. The second-order valence-corrected chi connectivity index (χ2v) is 5.19. The van der Waals surface area contributed by atoms with Gasteiger partial charge < -0.3 is 14.8 Å². The topological polar surface area (TPSA) is 56.3 Å². The van der Waals surface area contributed by atoms with Crippen LogP contribution in [0.2, 0.25) is 0 Å². The van der Waals surface area contributed by atoms with Crippen LogP contribution in [0.5, 0.6) is 11.5 Å². The minimum Gasteiger partial charge on any atom is -0.486 e. The molecule has 5 nitrogen and oxygen atoms in total. The van der Waals surface area contributed by atoms with Crippen molar-refractivity contribution in [2.75, 3.05) is 18.5 Å². The lowest BCUT2D eigenvalue weighted by Gasteiger charge is -2.19. The predicted octanol–water partition coefficient (Wildman–Crippen LogP) is 3.45. The minimum atomic E-state index is 0.568. The fourth-order valence-corrected chi connectivity index (χ4v) is 2.51. The minimum absolute atomic E-state index is 0.568. The highest BCUT2D eigenvalue weighted by Gasteiger charge is 2.12. The van der Waals surface area contributed by atoms with Crippen LogP contribution >= 0.6 is 0 Å². The molecule has 1 aliphatic rings. The summed E-state index contributed by atoms with van der Waals surface area (Å²) in [4.78, 5) is 8.95. The van der Waals surface area contributed by atoms with E-state index in [1.54, 1.807) is 0 Å². The van der Waals surface area contributed by atoms with Crippen molar-refractivity contribution in [1.29, 1.82) is 0 Å². The molecule has 0 amide bonds. The van der Waals surface area contributed by atoms with Crippen LogP contribution in [0.15, 0.2) is 42.6 Å². The summed E-state index contributed by atoms with van der Waals surface area (Å²) in [5.41, 5.74) is 2.96. The number of aryl methyl sites for hydroxylation is 1. The third-order valence-electron chi connectivity index (χ3n) is 3.61. The number of fused-ring (bicyclic) bond motifs is 2. The van der Waals surface area contributed by atoms with E-state index < -0.39 is 0 Å². The van der Waals surface area contributed by atoms with Gasteiger partial charge in [0.2, 0.25) is 5.95 Å². The molecule has 0 saturated carbocycles. The van der Waals surface area contributed by atoms with Crippen molar-refractivity contribution in [2.45, 2.75) is 6.92 Å². The van der Waals surface area contributed by atoms with Crippen LogP contribution in [0.25, 0.3) is 10.9 Å². The summed E-state index contributed by atoms with van der Waals surface area (Å²) in [6.45, 7) is 3.21. The van der Waals surface area contributed by atoms with Crippen LogP contribution in [0.4, 0.5) is 11.6 Å². The van der Waals surface area contributed by atoms with E-state index in [0.717, 1.165) is 33.7 Å². The van der Waals surface area contributed by atoms with Crippen molar-refractivity contribution < 1.29 is 9.47 Å². The standard InChI is InChI=1S/C17H15N3O2/c1-11-3-2-4-12-10-18-17(20-16(11)12)19-13-5-6-14-15(9-13)22-8-7-21-14/h2-6,9-10H,7-8H2,1H3,(H,18,19,20). The van der Waals surface area contributed by atoms with Gasteiger partial charge in [-0.05, 0) is 24.6 Å². The molecule has 110 valence electrons. The summed E-state index contributed by atoms with van der Waals surface area (Å²) < 4.78 is 11.1. The Hall–Kier alpha value is -2.82. The maximum atomic E-state index is 5.59. The third-order valence-corrected chi connectivity index (χ3v) is 3.61. The van der Waals surface area contributed by atoms with E-state index in [0.29, 0.717) is 19.2 Å². The highest BCUT2D eigenvalue weighted by molar-refractivity contribution is 5.82. The smallest absolute Gasteiger partial charge is 0.227 e. The first-order valence-electron chi connectivity index (χ1n) is 7.19. The van der Waals surface area contributed by atoms with Crippen molar-refractivity contribution in [1.82, 2.24) is 9.97 Å². The molecular formula is C17H15N3O2. The molecule has 0 saturated heterocycles. The summed E-state index contributed by atoms with van der Waals surface area (Å²) in [6, 6.07) is 11.8. The van der Waals surface area contributed by atoms with E-state index in [1.807, 2.05) is 49.5 Å². The first kappa shape index (κ1) is 12.9. The number of ether oxygens (including phenoxy) is 2. The molecule has 1 aromatic heterocycles. The van der Waals surface area contributed by atoms with Gasteiger partial charge in [-0.2, -0.15) is 0 Å². The van der Waals surface area contributed by atoms with E-state index in [1.165, 1.54) is 0 Å². The van der Waals surface area contributed by atoms with Gasteiger partial charge in [0, 0.05) is 23.3 Å². The lowest BCUT2D eigenvalue weighted by Crippen LogP contribution is -2.15. The number of hydrogen-bond acceptors (Lipinski definition) is 5. The Balaban J connectivity index is 1.67. The molecule has 5 heteroatoms. The molecule has 0 aliphatic carbocycles. The van der Waals surface area contributed by atoms with Gasteiger partial charge in [0.05, 0.1) is 5.52 Å². The molecule has 0 atom stereocenters. The number of rotatable bonds is 2. The van der Waals surface area contributed by atoms with Crippen molar-refractivity contribution in [3.05, 3.63) is 48.2 Å². The zero-order valence-electron chi connectivity index (χ0n) is 12.2. The Bertz CT molecular complexity index is 848. The molecule has 1 N–H and O–H groups in total. The number of benzene rings is 2. The van der Waals surface area contributed by atoms with Gasteiger partial charge in [0.25, 0.3) is 0 Å². The van der Waals surface area contributed by atoms with Crippen LogP contribution in [0.1, 0.15) is 5.56 Å². The van der Waals surface area contributed by atoms with E-state index in [2.05, 4.69) is 15.3 Å². The normalized spacial score (nSPS) is 13.1. The Morgan fingerprint density at radius 3 is 2.82 bits per heavy atom. The Kier molecular flexibility index (Phi) is 3.04. The summed E-state index contributed by atoms with van der Waals surface area (Å²) in [6.07, 6.45) is 1.83. The van der Waals surface area contributed by atoms with E-state index in [-0.39, 0.29) is 0 Å². The third kappa shape index (κ3) is 2.30. The van der Waals surface area contributed by atoms with Crippen molar-refractivity contribution in [3.8, 4) is 11.5 Å². The molecule has 22 heavy (non-hydrogen) atoms. The van der Waals surface area contributed by atoms with E-state index in [4.69, 9.17) is 9.47 Å². The second kappa shape index (κ2) is 5.18. The van der Waals surface area contributed by atoms with E-state index >= 15 is 0 Å². The van der Waals surface area contributed by atoms with Gasteiger partial charge in [-0.15, -0.1) is 0 Å². The number of nitrogens with zero attached hydrogens (tertiary/aromatic N) is 2. The van der Waals surface area contributed by atoms with Crippen LogP contribution in [0, 0.1) is 6.92 Å². The molecule has 2 aromatic carbocycles. The Morgan fingerprint density at radius 1 is 1.05 bits per heavy atom. The first-order chi connectivity index (χ1) is 10.8. The molecule has 0 bridgehead atoms. The summed E-state index contributed by atoms with van der Waals surface area (Å²) in [5.74, 6) is 2.08. The molecule has 4 rings (SSSR count). The Morgan fingerprint density at radius 2 is 1.91 bits per heavy atom. The lowest BCUT2D eigenvalue weighted by atomic mass is 10.1. The van der Waals surface area contributed by atoms with Gasteiger partial charge in [0.1, 0.15) is 13.2 Å².